The molecule has 1 aromatic carbocycles. The van der Waals surface area contributed by atoms with Gasteiger partial charge in [0, 0.05) is 37.5 Å². The highest BCUT2D eigenvalue weighted by Gasteiger charge is 2.00. The van der Waals surface area contributed by atoms with Gasteiger partial charge in [-0.3, -0.25) is 0 Å². The van der Waals surface area contributed by atoms with Crippen LogP contribution in [0.4, 0.5) is 0 Å². The van der Waals surface area contributed by atoms with Crippen LogP contribution in [0.1, 0.15) is 18.1 Å². The third-order valence-electron chi connectivity index (χ3n) is 3.47. The SMILES string of the molecule is CCNC(=NCc1ccc(OCCOC)nc1)NCc1ccc(Cl)cc1.I. The summed E-state index contributed by atoms with van der Waals surface area (Å²) in [7, 11) is 1.64. The summed E-state index contributed by atoms with van der Waals surface area (Å²) in [5, 5.41) is 7.28. The first-order valence-corrected chi connectivity index (χ1v) is 8.92. The first-order chi connectivity index (χ1) is 12.7. The van der Waals surface area contributed by atoms with Crippen LogP contribution in [-0.2, 0) is 17.8 Å². The number of rotatable bonds is 9. The van der Waals surface area contributed by atoms with Gasteiger partial charge in [-0.2, -0.15) is 0 Å². The van der Waals surface area contributed by atoms with Crippen LogP contribution in [0.2, 0.25) is 5.02 Å². The molecule has 0 aliphatic rings. The van der Waals surface area contributed by atoms with Crippen LogP contribution in [0.25, 0.3) is 0 Å². The van der Waals surface area contributed by atoms with Gasteiger partial charge in [-0.25, -0.2) is 9.98 Å². The van der Waals surface area contributed by atoms with Crippen molar-refractivity contribution in [2.24, 2.45) is 4.99 Å². The van der Waals surface area contributed by atoms with Gasteiger partial charge in [-0.1, -0.05) is 29.8 Å². The number of aliphatic imine (C=N–C) groups is 1. The molecule has 0 saturated heterocycles. The summed E-state index contributed by atoms with van der Waals surface area (Å²) >= 11 is 5.91. The lowest BCUT2D eigenvalue weighted by molar-refractivity contribution is 0.143. The molecule has 1 aromatic heterocycles. The number of methoxy groups -OCH3 is 1. The van der Waals surface area contributed by atoms with Crippen molar-refractivity contribution in [2.45, 2.75) is 20.0 Å². The van der Waals surface area contributed by atoms with Crippen molar-refractivity contribution in [1.29, 1.82) is 0 Å². The maximum Gasteiger partial charge on any atom is 0.213 e. The summed E-state index contributed by atoms with van der Waals surface area (Å²) in [6.45, 7) is 5.05. The fourth-order valence-corrected chi connectivity index (χ4v) is 2.25. The van der Waals surface area contributed by atoms with Gasteiger partial charge in [-0.15, -0.1) is 24.0 Å². The molecule has 0 aliphatic heterocycles. The van der Waals surface area contributed by atoms with E-state index in [1.807, 2.05) is 43.3 Å². The smallest absolute Gasteiger partial charge is 0.213 e. The molecule has 148 valence electrons. The number of pyridine rings is 1. The molecule has 8 heteroatoms. The fraction of sp³-hybridized carbons (Fsp3) is 0.368. The molecule has 0 bridgehead atoms. The molecule has 0 amide bonds. The lowest BCUT2D eigenvalue weighted by atomic mass is 10.2. The second-order valence-corrected chi connectivity index (χ2v) is 5.96. The van der Waals surface area contributed by atoms with E-state index in [0.717, 1.165) is 28.7 Å². The third-order valence-corrected chi connectivity index (χ3v) is 3.72. The first-order valence-electron chi connectivity index (χ1n) is 8.54. The monoisotopic (exact) mass is 504 g/mol. The molecule has 2 rings (SSSR count). The largest absolute Gasteiger partial charge is 0.475 e. The molecule has 0 saturated carbocycles. The molecule has 2 N–H and O–H groups in total. The lowest BCUT2D eigenvalue weighted by Gasteiger charge is -2.11. The Labute approximate surface area is 182 Å². The minimum Gasteiger partial charge on any atom is -0.475 e. The van der Waals surface area contributed by atoms with Gasteiger partial charge < -0.3 is 20.1 Å². The normalized spacial score (nSPS) is 10.9. The average Bonchev–Trinajstić information content (AvgIpc) is 2.66. The second-order valence-electron chi connectivity index (χ2n) is 5.52. The Morgan fingerprint density at radius 2 is 1.81 bits per heavy atom. The highest BCUT2D eigenvalue weighted by atomic mass is 127. The zero-order valence-electron chi connectivity index (χ0n) is 15.6. The Balaban J connectivity index is 0.00000364. The minimum atomic E-state index is 0. The topological polar surface area (TPSA) is 67.8 Å². The summed E-state index contributed by atoms with van der Waals surface area (Å²) in [6.07, 6.45) is 1.77. The molecule has 6 nitrogen and oxygen atoms in total. The number of hydrogen-bond donors (Lipinski definition) is 2. The number of halogens is 2. The summed E-state index contributed by atoms with van der Waals surface area (Å²) in [6, 6.07) is 11.5. The average molecular weight is 505 g/mol. The van der Waals surface area contributed by atoms with E-state index in [0.29, 0.717) is 32.2 Å². The fourth-order valence-electron chi connectivity index (χ4n) is 2.12. The van der Waals surface area contributed by atoms with Crippen LogP contribution in [-0.4, -0.2) is 37.8 Å². The highest BCUT2D eigenvalue weighted by molar-refractivity contribution is 14.0. The van der Waals surface area contributed by atoms with Crippen molar-refractivity contribution in [3.05, 3.63) is 58.7 Å². The standard InChI is InChI=1S/C19H25ClN4O2.HI/c1-3-21-19(23-12-15-4-7-17(20)8-5-15)24-14-16-6-9-18(22-13-16)26-11-10-25-2;/h4-9,13H,3,10-12,14H2,1-2H3,(H2,21,23,24);1H. The molecule has 0 atom stereocenters. The van der Waals surface area contributed by atoms with Crippen molar-refractivity contribution in [3.8, 4) is 5.88 Å². The van der Waals surface area contributed by atoms with Gasteiger partial charge >= 0.3 is 0 Å². The van der Waals surface area contributed by atoms with Crippen molar-refractivity contribution in [3.63, 3.8) is 0 Å². The molecular weight excluding hydrogens is 479 g/mol. The number of ether oxygens (including phenoxy) is 2. The van der Waals surface area contributed by atoms with E-state index in [1.165, 1.54) is 0 Å². The molecule has 0 aliphatic carbocycles. The zero-order valence-corrected chi connectivity index (χ0v) is 18.7. The van der Waals surface area contributed by atoms with Gasteiger partial charge in [0.2, 0.25) is 5.88 Å². The molecule has 0 spiro atoms. The second kappa shape index (κ2) is 13.6. The number of hydrogen-bond acceptors (Lipinski definition) is 4. The van der Waals surface area contributed by atoms with Crippen molar-refractivity contribution in [1.82, 2.24) is 15.6 Å². The maximum atomic E-state index is 5.91. The Kier molecular flexibility index (Phi) is 11.8. The summed E-state index contributed by atoms with van der Waals surface area (Å²) in [5.41, 5.74) is 2.15. The molecule has 0 radical (unpaired) electrons. The predicted octanol–water partition coefficient (Wildman–Crippen LogP) is 3.63. The van der Waals surface area contributed by atoms with E-state index in [2.05, 4.69) is 20.6 Å². The van der Waals surface area contributed by atoms with Gasteiger partial charge in [0.25, 0.3) is 0 Å². The molecule has 0 fully saturated rings. The van der Waals surface area contributed by atoms with Gasteiger partial charge in [0.15, 0.2) is 5.96 Å². The van der Waals surface area contributed by atoms with E-state index >= 15 is 0 Å². The van der Waals surface area contributed by atoms with E-state index in [4.69, 9.17) is 21.1 Å². The molecular formula is C19H26ClIN4O2. The van der Waals surface area contributed by atoms with Gasteiger partial charge in [0.05, 0.1) is 13.2 Å². The Morgan fingerprint density at radius 3 is 2.44 bits per heavy atom. The summed E-state index contributed by atoms with van der Waals surface area (Å²) in [5.74, 6) is 1.34. The Morgan fingerprint density at radius 1 is 1.07 bits per heavy atom. The number of nitrogens with zero attached hydrogens (tertiary/aromatic N) is 2. The van der Waals surface area contributed by atoms with Crippen LogP contribution in [0.5, 0.6) is 5.88 Å². The van der Waals surface area contributed by atoms with Gasteiger partial charge in [0.1, 0.15) is 6.61 Å². The number of aromatic nitrogens is 1. The van der Waals surface area contributed by atoms with E-state index in [1.54, 1.807) is 13.3 Å². The Bertz CT molecular complexity index is 681. The van der Waals surface area contributed by atoms with Crippen LogP contribution < -0.4 is 15.4 Å². The van der Waals surface area contributed by atoms with Crippen molar-refractivity contribution < 1.29 is 9.47 Å². The van der Waals surface area contributed by atoms with Crippen LogP contribution in [0.15, 0.2) is 47.6 Å². The van der Waals surface area contributed by atoms with Crippen molar-refractivity contribution in [2.75, 3.05) is 26.9 Å². The van der Waals surface area contributed by atoms with Crippen molar-refractivity contribution >= 4 is 41.5 Å². The quantitative estimate of drug-likeness (QED) is 0.236. The number of guanidine groups is 1. The van der Waals surface area contributed by atoms with E-state index in [9.17, 15) is 0 Å². The summed E-state index contributed by atoms with van der Waals surface area (Å²) in [4.78, 5) is 8.86. The molecule has 0 unspecified atom stereocenters. The number of benzene rings is 1. The third kappa shape index (κ3) is 9.25. The van der Waals surface area contributed by atoms with Crippen LogP contribution in [0, 0.1) is 0 Å². The van der Waals surface area contributed by atoms with Crippen LogP contribution in [0.3, 0.4) is 0 Å². The predicted molar refractivity (Wildman–Crippen MR) is 120 cm³/mol. The zero-order chi connectivity index (χ0) is 18.6. The molecule has 27 heavy (non-hydrogen) atoms. The van der Waals surface area contributed by atoms with E-state index in [-0.39, 0.29) is 24.0 Å². The maximum absolute atomic E-state index is 5.91. The van der Waals surface area contributed by atoms with Gasteiger partial charge in [-0.05, 0) is 30.2 Å². The Hall–Kier alpha value is -1.58. The lowest BCUT2D eigenvalue weighted by Crippen LogP contribution is -2.36. The molecule has 1 heterocycles. The summed E-state index contributed by atoms with van der Waals surface area (Å²) < 4.78 is 10.4. The van der Waals surface area contributed by atoms with Crippen LogP contribution >= 0.6 is 35.6 Å². The first kappa shape index (κ1) is 23.5. The van der Waals surface area contributed by atoms with E-state index < -0.39 is 0 Å². The highest BCUT2D eigenvalue weighted by Crippen LogP contribution is 2.10. The minimum absolute atomic E-state index is 0. The number of nitrogens with one attached hydrogen (secondary N) is 2. The molecule has 2 aromatic rings.